The monoisotopic (exact) mass is 575 g/mol. The van der Waals surface area contributed by atoms with Crippen molar-refractivity contribution in [2.45, 2.75) is 17.1 Å². The van der Waals surface area contributed by atoms with Crippen molar-refractivity contribution in [2.75, 3.05) is 7.11 Å². The quantitative estimate of drug-likeness (QED) is 0.317. The predicted octanol–water partition coefficient (Wildman–Crippen LogP) is 3.93. The van der Waals surface area contributed by atoms with Crippen molar-refractivity contribution in [3.8, 4) is 11.5 Å². The van der Waals surface area contributed by atoms with Crippen molar-refractivity contribution in [3.63, 3.8) is 0 Å². The minimum absolute atomic E-state index is 0.0225. The van der Waals surface area contributed by atoms with Crippen LogP contribution in [0.4, 0.5) is 0 Å². The summed E-state index contributed by atoms with van der Waals surface area (Å²) in [5.41, 5.74) is 0.604. The van der Waals surface area contributed by atoms with E-state index in [1.54, 1.807) is 31.2 Å². The molecule has 1 fully saturated rings. The average Bonchev–Trinajstić information content (AvgIpc) is 3.02. The van der Waals surface area contributed by atoms with E-state index in [4.69, 9.17) is 8.92 Å². The summed E-state index contributed by atoms with van der Waals surface area (Å²) in [7, 11) is -2.71. The van der Waals surface area contributed by atoms with Crippen LogP contribution in [0.5, 0.6) is 11.5 Å². The number of hydrogen-bond acceptors (Lipinski definition) is 8. The SMILES string of the molecule is COc1cc(C=NN=C2NC(=O)[C@@H](C)S2)ccc1OS(=O)(=O)c1cc(Br)ccc1Br. The number of benzene rings is 2. The molecule has 8 nitrogen and oxygen atoms in total. The zero-order valence-electron chi connectivity index (χ0n) is 15.6. The van der Waals surface area contributed by atoms with Gasteiger partial charge in [0.25, 0.3) is 0 Å². The molecule has 1 aliphatic rings. The maximum Gasteiger partial charge on any atom is 0.340 e. The Morgan fingerprint density at radius 3 is 2.60 bits per heavy atom. The van der Waals surface area contributed by atoms with Gasteiger partial charge in [0.1, 0.15) is 4.90 Å². The third kappa shape index (κ3) is 5.42. The average molecular weight is 577 g/mol. The van der Waals surface area contributed by atoms with Crippen molar-refractivity contribution in [1.29, 1.82) is 0 Å². The molecule has 1 atom stereocenters. The number of nitrogens with one attached hydrogen (secondary N) is 1. The van der Waals surface area contributed by atoms with Gasteiger partial charge in [-0.2, -0.15) is 13.5 Å². The van der Waals surface area contributed by atoms with E-state index < -0.39 is 10.1 Å². The molecule has 0 spiro atoms. The molecule has 12 heteroatoms. The van der Waals surface area contributed by atoms with E-state index in [0.29, 0.717) is 19.7 Å². The maximum absolute atomic E-state index is 12.7. The number of carbonyl (C=O) groups excluding carboxylic acids is 1. The first-order valence-electron chi connectivity index (χ1n) is 8.36. The molecule has 0 aliphatic carbocycles. The molecule has 30 heavy (non-hydrogen) atoms. The lowest BCUT2D eigenvalue weighted by atomic mass is 10.2. The summed E-state index contributed by atoms with van der Waals surface area (Å²) in [6.45, 7) is 1.77. The van der Waals surface area contributed by atoms with Crippen LogP contribution in [-0.4, -0.2) is 38.1 Å². The molecule has 0 bridgehead atoms. The number of amides is 1. The van der Waals surface area contributed by atoms with E-state index in [-0.39, 0.29) is 27.6 Å². The van der Waals surface area contributed by atoms with Crippen LogP contribution in [0.3, 0.4) is 0 Å². The molecular formula is C18H15Br2N3O5S2. The number of halogens is 2. The lowest BCUT2D eigenvalue weighted by molar-refractivity contribution is -0.118. The van der Waals surface area contributed by atoms with E-state index in [2.05, 4.69) is 47.4 Å². The second-order valence-electron chi connectivity index (χ2n) is 5.92. The van der Waals surface area contributed by atoms with E-state index in [9.17, 15) is 13.2 Å². The number of thioether (sulfide) groups is 1. The zero-order chi connectivity index (χ0) is 21.9. The Bertz CT molecular complexity index is 1150. The molecule has 158 valence electrons. The van der Waals surface area contributed by atoms with Crippen LogP contribution in [0.15, 0.2) is 60.4 Å². The smallest absolute Gasteiger partial charge is 0.340 e. The van der Waals surface area contributed by atoms with Crippen molar-refractivity contribution in [1.82, 2.24) is 5.32 Å². The molecule has 0 saturated carbocycles. The van der Waals surface area contributed by atoms with Crippen LogP contribution in [0, 0.1) is 0 Å². The highest BCUT2D eigenvalue weighted by Gasteiger charge is 2.26. The second kappa shape index (κ2) is 9.50. The number of ether oxygens (including phenoxy) is 1. The van der Waals surface area contributed by atoms with Crippen molar-refractivity contribution in [3.05, 3.63) is 50.9 Å². The summed E-state index contributed by atoms with van der Waals surface area (Å²) in [6, 6.07) is 9.38. The van der Waals surface area contributed by atoms with E-state index >= 15 is 0 Å². The van der Waals surface area contributed by atoms with E-state index in [0.717, 1.165) is 0 Å². The number of nitrogens with zero attached hydrogens (tertiary/aromatic N) is 2. The van der Waals surface area contributed by atoms with Gasteiger partial charge in [-0.1, -0.05) is 27.7 Å². The Balaban J connectivity index is 1.81. The Morgan fingerprint density at radius 1 is 1.17 bits per heavy atom. The Kier molecular flexibility index (Phi) is 7.22. The lowest BCUT2D eigenvalue weighted by Gasteiger charge is -2.12. The van der Waals surface area contributed by atoms with Gasteiger partial charge in [0, 0.05) is 8.95 Å². The zero-order valence-corrected chi connectivity index (χ0v) is 20.4. The normalized spacial score (nSPS) is 18.1. The molecule has 1 heterocycles. The third-order valence-electron chi connectivity index (χ3n) is 3.79. The summed E-state index contributed by atoms with van der Waals surface area (Å²) in [5.74, 6) is 0.120. The molecular weight excluding hydrogens is 562 g/mol. The third-order valence-corrected chi connectivity index (χ3v) is 7.49. The molecule has 2 aromatic carbocycles. The summed E-state index contributed by atoms with van der Waals surface area (Å²) in [6.07, 6.45) is 1.45. The largest absolute Gasteiger partial charge is 0.493 e. The Hall–Kier alpha value is -1.89. The van der Waals surface area contributed by atoms with Gasteiger partial charge in [-0.15, -0.1) is 5.10 Å². The van der Waals surface area contributed by atoms with Crippen LogP contribution in [-0.2, 0) is 14.9 Å². The number of carbonyl (C=O) groups is 1. The highest BCUT2D eigenvalue weighted by molar-refractivity contribution is 9.11. The second-order valence-corrected chi connectivity index (χ2v) is 10.5. The van der Waals surface area contributed by atoms with Crippen molar-refractivity contribution < 1.29 is 22.1 Å². The van der Waals surface area contributed by atoms with Gasteiger partial charge < -0.3 is 14.2 Å². The number of hydrogen-bond donors (Lipinski definition) is 1. The molecule has 0 aromatic heterocycles. The van der Waals surface area contributed by atoms with Crippen LogP contribution in [0.2, 0.25) is 0 Å². The van der Waals surface area contributed by atoms with Crippen LogP contribution >= 0.6 is 43.6 Å². The highest BCUT2D eigenvalue weighted by atomic mass is 79.9. The molecule has 1 saturated heterocycles. The van der Waals surface area contributed by atoms with Gasteiger partial charge in [-0.3, -0.25) is 4.79 Å². The van der Waals surface area contributed by atoms with E-state index in [1.807, 2.05) is 0 Å². The molecule has 1 amide bonds. The summed E-state index contributed by atoms with van der Waals surface area (Å²) < 4.78 is 36.9. The van der Waals surface area contributed by atoms with Gasteiger partial charge in [-0.05, 0) is 64.8 Å². The van der Waals surface area contributed by atoms with Crippen LogP contribution in [0.25, 0.3) is 0 Å². The molecule has 2 aromatic rings. The summed E-state index contributed by atoms with van der Waals surface area (Å²) in [4.78, 5) is 11.4. The lowest BCUT2D eigenvalue weighted by Crippen LogP contribution is -2.23. The topological polar surface area (TPSA) is 106 Å². The van der Waals surface area contributed by atoms with Crippen LogP contribution < -0.4 is 14.2 Å². The number of methoxy groups -OCH3 is 1. The number of rotatable bonds is 6. The number of amidine groups is 1. The first-order chi connectivity index (χ1) is 14.2. The molecule has 3 rings (SSSR count). The van der Waals surface area contributed by atoms with Crippen molar-refractivity contribution in [2.24, 2.45) is 10.2 Å². The minimum atomic E-state index is -4.11. The predicted molar refractivity (Wildman–Crippen MR) is 123 cm³/mol. The van der Waals surface area contributed by atoms with Crippen molar-refractivity contribution >= 4 is 71.0 Å². The Labute approximate surface area is 194 Å². The van der Waals surface area contributed by atoms with Gasteiger partial charge in [0.15, 0.2) is 16.7 Å². The first-order valence-corrected chi connectivity index (χ1v) is 12.2. The summed E-state index contributed by atoms with van der Waals surface area (Å²) in [5, 5.41) is 10.7. The maximum atomic E-state index is 12.7. The Morgan fingerprint density at radius 2 is 1.93 bits per heavy atom. The van der Waals surface area contributed by atoms with Crippen LogP contribution in [0.1, 0.15) is 12.5 Å². The minimum Gasteiger partial charge on any atom is -0.493 e. The van der Waals surface area contributed by atoms with Gasteiger partial charge in [0.2, 0.25) is 5.91 Å². The molecule has 1 N–H and O–H groups in total. The fourth-order valence-electron chi connectivity index (χ4n) is 2.32. The van der Waals surface area contributed by atoms with Gasteiger partial charge in [-0.25, -0.2) is 0 Å². The molecule has 0 unspecified atom stereocenters. The van der Waals surface area contributed by atoms with Gasteiger partial charge >= 0.3 is 10.1 Å². The first kappa shape index (κ1) is 22.8. The fraction of sp³-hybridized carbons (Fsp3) is 0.167. The standard InChI is InChI=1S/C18H15Br2N3O5S2/c1-10-17(24)22-18(29-10)23-21-9-11-3-6-14(15(7-11)27-2)28-30(25,26)16-8-12(19)4-5-13(16)20/h3-10H,1-2H3,(H,22,23,24)/t10-/m1/s1. The summed E-state index contributed by atoms with van der Waals surface area (Å²) >= 11 is 7.76. The molecule has 1 aliphatic heterocycles. The van der Waals surface area contributed by atoms with Gasteiger partial charge in [0.05, 0.1) is 18.6 Å². The van der Waals surface area contributed by atoms with E-state index in [1.165, 1.54) is 37.2 Å². The molecule has 0 radical (unpaired) electrons. The fourth-order valence-corrected chi connectivity index (χ4v) is 5.47. The highest BCUT2D eigenvalue weighted by Crippen LogP contribution is 2.33.